The van der Waals surface area contributed by atoms with Crippen LogP contribution in [0.1, 0.15) is 32.1 Å². The zero-order valence-electron chi connectivity index (χ0n) is 13.3. The average molecular weight is 330 g/mol. The molecule has 0 aromatic carbocycles. The molecule has 1 aliphatic heterocycles. The molecule has 2 aromatic rings. The predicted octanol–water partition coefficient (Wildman–Crippen LogP) is 2.92. The number of anilines is 1. The summed E-state index contributed by atoms with van der Waals surface area (Å²) in [6.07, 6.45) is 7.54. The molecule has 2 aromatic heterocycles. The van der Waals surface area contributed by atoms with Gasteiger partial charge >= 0.3 is 0 Å². The van der Waals surface area contributed by atoms with Crippen molar-refractivity contribution in [3.8, 4) is 0 Å². The Bertz CT molecular complexity index is 687. The number of thiophene rings is 1. The maximum Gasteiger partial charge on any atom is 0.225 e. The SMILES string of the molecule is O=C(C1CCCCC1)N1CCN(c2ncnc3ccsc23)CC1. The van der Waals surface area contributed by atoms with Gasteiger partial charge in [0.05, 0.1) is 10.2 Å². The lowest BCUT2D eigenvalue weighted by Gasteiger charge is -2.37. The van der Waals surface area contributed by atoms with Crippen LogP contribution >= 0.6 is 11.3 Å². The van der Waals surface area contributed by atoms with E-state index >= 15 is 0 Å². The Hall–Kier alpha value is -1.69. The van der Waals surface area contributed by atoms with Crippen LogP contribution in [-0.4, -0.2) is 47.0 Å². The van der Waals surface area contributed by atoms with E-state index in [1.165, 1.54) is 19.3 Å². The molecule has 0 spiro atoms. The number of aromatic nitrogens is 2. The van der Waals surface area contributed by atoms with Gasteiger partial charge in [-0.3, -0.25) is 4.79 Å². The number of fused-ring (bicyclic) bond motifs is 1. The van der Waals surface area contributed by atoms with E-state index in [4.69, 9.17) is 0 Å². The van der Waals surface area contributed by atoms with Crippen LogP contribution in [-0.2, 0) is 4.79 Å². The molecule has 6 heteroatoms. The van der Waals surface area contributed by atoms with Gasteiger partial charge in [0.15, 0.2) is 0 Å². The van der Waals surface area contributed by atoms with Gasteiger partial charge in [0.1, 0.15) is 12.1 Å². The Balaban J connectivity index is 1.42. The van der Waals surface area contributed by atoms with Crippen LogP contribution in [0.4, 0.5) is 5.82 Å². The molecule has 0 unspecified atom stereocenters. The Morgan fingerprint density at radius 2 is 1.87 bits per heavy atom. The minimum atomic E-state index is 0.276. The van der Waals surface area contributed by atoms with Crippen molar-refractivity contribution >= 4 is 33.3 Å². The predicted molar refractivity (Wildman–Crippen MR) is 92.8 cm³/mol. The summed E-state index contributed by atoms with van der Waals surface area (Å²) in [5, 5.41) is 2.06. The lowest BCUT2D eigenvalue weighted by atomic mass is 9.88. The Kier molecular flexibility index (Phi) is 4.16. The van der Waals surface area contributed by atoms with E-state index in [2.05, 4.69) is 25.1 Å². The van der Waals surface area contributed by atoms with Gasteiger partial charge in [0, 0.05) is 32.1 Å². The summed E-state index contributed by atoms with van der Waals surface area (Å²) in [6.45, 7) is 3.35. The molecule has 1 aliphatic carbocycles. The van der Waals surface area contributed by atoms with E-state index in [9.17, 15) is 4.79 Å². The van der Waals surface area contributed by atoms with Gasteiger partial charge in [0.2, 0.25) is 5.91 Å². The third kappa shape index (κ3) is 2.92. The first-order valence-electron chi connectivity index (χ1n) is 8.55. The minimum absolute atomic E-state index is 0.276. The average Bonchev–Trinajstić information content (AvgIpc) is 3.11. The molecule has 3 heterocycles. The Morgan fingerprint density at radius 3 is 2.65 bits per heavy atom. The standard InChI is InChI=1S/C17H22N4OS/c22-17(13-4-2-1-3-5-13)21-9-7-20(8-10-21)16-15-14(6-11-23-15)18-12-19-16/h6,11-13H,1-5,7-10H2. The van der Waals surface area contributed by atoms with E-state index in [0.717, 1.165) is 55.1 Å². The first-order valence-corrected chi connectivity index (χ1v) is 9.43. The van der Waals surface area contributed by atoms with Crippen molar-refractivity contribution < 1.29 is 4.79 Å². The zero-order chi connectivity index (χ0) is 15.6. The van der Waals surface area contributed by atoms with Gasteiger partial charge in [-0.1, -0.05) is 19.3 Å². The molecular weight excluding hydrogens is 308 g/mol. The number of piperazine rings is 1. The summed E-state index contributed by atoms with van der Waals surface area (Å²) in [7, 11) is 0. The molecule has 5 nitrogen and oxygen atoms in total. The summed E-state index contributed by atoms with van der Waals surface area (Å²) in [5.41, 5.74) is 1.01. The number of carbonyl (C=O) groups is 1. The third-order valence-electron chi connectivity index (χ3n) is 5.07. The molecule has 0 N–H and O–H groups in total. The van der Waals surface area contributed by atoms with Crippen LogP contribution in [0, 0.1) is 5.92 Å². The lowest BCUT2D eigenvalue weighted by molar-refractivity contribution is -0.136. The topological polar surface area (TPSA) is 49.3 Å². The maximum atomic E-state index is 12.7. The van der Waals surface area contributed by atoms with Crippen LogP contribution in [0.3, 0.4) is 0 Å². The smallest absolute Gasteiger partial charge is 0.225 e. The van der Waals surface area contributed by atoms with E-state index in [0.29, 0.717) is 5.91 Å². The molecule has 23 heavy (non-hydrogen) atoms. The fraction of sp³-hybridized carbons (Fsp3) is 0.588. The monoisotopic (exact) mass is 330 g/mol. The van der Waals surface area contributed by atoms with Gasteiger partial charge in [-0.2, -0.15) is 0 Å². The highest BCUT2D eigenvalue weighted by molar-refractivity contribution is 7.17. The van der Waals surface area contributed by atoms with E-state index in [-0.39, 0.29) is 5.92 Å². The number of hydrogen-bond donors (Lipinski definition) is 0. The highest BCUT2D eigenvalue weighted by Gasteiger charge is 2.29. The van der Waals surface area contributed by atoms with Crippen molar-refractivity contribution in [1.29, 1.82) is 0 Å². The molecule has 4 rings (SSSR count). The van der Waals surface area contributed by atoms with Crippen LogP contribution < -0.4 is 4.90 Å². The van der Waals surface area contributed by atoms with Crippen LogP contribution in [0.15, 0.2) is 17.8 Å². The van der Waals surface area contributed by atoms with Crippen LogP contribution in [0.5, 0.6) is 0 Å². The summed E-state index contributed by atoms with van der Waals surface area (Å²) in [6, 6.07) is 2.04. The van der Waals surface area contributed by atoms with Gasteiger partial charge in [-0.25, -0.2) is 9.97 Å². The van der Waals surface area contributed by atoms with E-state index in [1.807, 2.05) is 6.07 Å². The second-order valence-corrected chi connectivity index (χ2v) is 7.40. The van der Waals surface area contributed by atoms with Crippen molar-refractivity contribution in [2.45, 2.75) is 32.1 Å². The number of nitrogens with zero attached hydrogens (tertiary/aromatic N) is 4. The largest absolute Gasteiger partial charge is 0.352 e. The molecule has 0 radical (unpaired) electrons. The molecule has 122 valence electrons. The second-order valence-electron chi connectivity index (χ2n) is 6.48. The Morgan fingerprint density at radius 1 is 1.09 bits per heavy atom. The first kappa shape index (κ1) is 14.9. The van der Waals surface area contributed by atoms with Crippen molar-refractivity contribution in [2.24, 2.45) is 5.92 Å². The fourth-order valence-corrected chi connectivity index (χ4v) is 4.61. The third-order valence-corrected chi connectivity index (χ3v) is 5.97. The first-order chi connectivity index (χ1) is 11.3. The normalized spacial score (nSPS) is 20.2. The van der Waals surface area contributed by atoms with Crippen LogP contribution in [0.25, 0.3) is 10.2 Å². The summed E-state index contributed by atoms with van der Waals surface area (Å²) < 4.78 is 1.15. The summed E-state index contributed by atoms with van der Waals surface area (Å²) in [5.74, 6) is 1.68. The number of hydrogen-bond acceptors (Lipinski definition) is 5. The highest BCUT2D eigenvalue weighted by atomic mass is 32.1. The highest BCUT2D eigenvalue weighted by Crippen LogP contribution is 2.29. The molecule has 0 atom stereocenters. The minimum Gasteiger partial charge on any atom is -0.352 e. The van der Waals surface area contributed by atoms with Gasteiger partial charge in [-0.05, 0) is 24.3 Å². The maximum absolute atomic E-state index is 12.7. The van der Waals surface area contributed by atoms with Crippen LogP contribution in [0.2, 0.25) is 0 Å². The molecule has 1 saturated carbocycles. The van der Waals surface area contributed by atoms with E-state index in [1.54, 1.807) is 17.7 Å². The molecule has 0 bridgehead atoms. The fourth-order valence-electron chi connectivity index (χ4n) is 3.75. The van der Waals surface area contributed by atoms with Crippen molar-refractivity contribution in [1.82, 2.24) is 14.9 Å². The molecule has 1 amide bonds. The quantitative estimate of drug-likeness (QED) is 0.849. The number of carbonyl (C=O) groups excluding carboxylic acids is 1. The number of rotatable bonds is 2. The molecule has 2 fully saturated rings. The molecular formula is C17H22N4OS. The van der Waals surface area contributed by atoms with Crippen molar-refractivity contribution in [3.05, 3.63) is 17.8 Å². The van der Waals surface area contributed by atoms with E-state index < -0.39 is 0 Å². The number of amides is 1. The van der Waals surface area contributed by atoms with Crippen molar-refractivity contribution in [3.63, 3.8) is 0 Å². The van der Waals surface area contributed by atoms with Crippen molar-refractivity contribution in [2.75, 3.05) is 31.1 Å². The molecule has 1 saturated heterocycles. The molecule has 2 aliphatic rings. The second kappa shape index (κ2) is 6.43. The Labute approximate surface area is 140 Å². The van der Waals surface area contributed by atoms with Gasteiger partial charge in [-0.15, -0.1) is 11.3 Å². The van der Waals surface area contributed by atoms with Gasteiger partial charge in [0.25, 0.3) is 0 Å². The van der Waals surface area contributed by atoms with Gasteiger partial charge < -0.3 is 9.80 Å². The summed E-state index contributed by atoms with van der Waals surface area (Å²) in [4.78, 5) is 25.8. The zero-order valence-corrected chi connectivity index (χ0v) is 14.1. The lowest BCUT2D eigenvalue weighted by Crippen LogP contribution is -2.50. The summed E-state index contributed by atoms with van der Waals surface area (Å²) >= 11 is 1.69.